The van der Waals surface area contributed by atoms with E-state index in [0.29, 0.717) is 6.17 Å². The predicted molar refractivity (Wildman–Crippen MR) is 81.6 cm³/mol. The molecular formula is C15H23N5O. The van der Waals surface area contributed by atoms with Gasteiger partial charge in [0.1, 0.15) is 0 Å². The van der Waals surface area contributed by atoms with Gasteiger partial charge in [0.05, 0.1) is 6.17 Å². The van der Waals surface area contributed by atoms with Crippen LogP contribution in [0.1, 0.15) is 19.3 Å². The average Bonchev–Trinajstić information content (AvgIpc) is 2.57. The van der Waals surface area contributed by atoms with Crippen molar-refractivity contribution >= 4 is 12.1 Å². The molecule has 2 fully saturated rings. The fourth-order valence-electron chi connectivity index (χ4n) is 3.34. The van der Waals surface area contributed by atoms with Crippen molar-refractivity contribution in [3.05, 3.63) is 24.5 Å². The highest BCUT2D eigenvalue weighted by atomic mass is 16.1. The first-order valence-corrected chi connectivity index (χ1v) is 7.74. The fourth-order valence-corrected chi connectivity index (χ4v) is 3.34. The summed E-state index contributed by atoms with van der Waals surface area (Å²) in [6.45, 7) is 5.06. The first-order chi connectivity index (χ1) is 10.4. The van der Waals surface area contributed by atoms with Crippen LogP contribution >= 0.6 is 0 Å². The summed E-state index contributed by atoms with van der Waals surface area (Å²) in [6, 6.07) is 4.13. The zero-order chi connectivity index (χ0) is 14.5. The standard InChI is InChI=1S/C15H23N5O/c21-13-17-20-8-2-1-3-15(20)19-11-9-18(10-12-19)14-4-6-16-7-5-14/h4-7,13,15H,1-3,8-12H2,(H,17,21). The van der Waals surface area contributed by atoms with Gasteiger partial charge in [-0.1, -0.05) is 0 Å². The van der Waals surface area contributed by atoms with Crippen molar-refractivity contribution in [3.63, 3.8) is 0 Å². The summed E-state index contributed by atoms with van der Waals surface area (Å²) in [5, 5.41) is 2.10. The van der Waals surface area contributed by atoms with Gasteiger partial charge in [0, 0.05) is 50.8 Å². The topological polar surface area (TPSA) is 51.7 Å². The van der Waals surface area contributed by atoms with Gasteiger partial charge in [0.25, 0.3) is 0 Å². The number of carbonyl (C=O) groups is 1. The molecule has 21 heavy (non-hydrogen) atoms. The zero-order valence-electron chi connectivity index (χ0n) is 12.3. The second kappa shape index (κ2) is 6.87. The van der Waals surface area contributed by atoms with Gasteiger partial charge in [-0.05, 0) is 31.4 Å². The van der Waals surface area contributed by atoms with Crippen LogP contribution in [0.2, 0.25) is 0 Å². The largest absolute Gasteiger partial charge is 0.369 e. The van der Waals surface area contributed by atoms with E-state index in [-0.39, 0.29) is 0 Å². The molecule has 1 aromatic rings. The van der Waals surface area contributed by atoms with Crippen molar-refractivity contribution in [1.29, 1.82) is 0 Å². The number of nitrogens with one attached hydrogen (secondary N) is 1. The van der Waals surface area contributed by atoms with Crippen LogP contribution in [0.5, 0.6) is 0 Å². The molecule has 3 rings (SSSR count). The van der Waals surface area contributed by atoms with Crippen LogP contribution in [0.25, 0.3) is 0 Å². The normalized spacial score (nSPS) is 24.8. The monoisotopic (exact) mass is 289 g/mol. The lowest BCUT2D eigenvalue weighted by Crippen LogP contribution is -2.60. The zero-order valence-corrected chi connectivity index (χ0v) is 12.3. The van der Waals surface area contributed by atoms with Crippen LogP contribution in [0.4, 0.5) is 5.69 Å². The average molecular weight is 289 g/mol. The van der Waals surface area contributed by atoms with Gasteiger partial charge in [0.2, 0.25) is 6.41 Å². The van der Waals surface area contributed by atoms with Crippen LogP contribution in [0.15, 0.2) is 24.5 Å². The molecule has 1 aromatic heterocycles. The van der Waals surface area contributed by atoms with Crippen molar-refractivity contribution in [1.82, 2.24) is 20.3 Å². The number of anilines is 1. The molecule has 1 atom stereocenters. The second-order valence-electron chi connectivity index (χ2n) is 5.65. The summed E-state index contributed by atoms with van der Waals surface area (Å²) in [7, 11) is 0. The Morgan fingerprint density at radius 2 is 1.86 bits per heavy atom. The molecule has 0 spiro atoms. The SMILES string of the molecule is O=CNN1CCCCC1N1CCN(c2ccncc2)CC1. The van der Waals surface area contributed by atoms with E-state index in [1.165, 1.54) is 12.1 Å². The Morgan fingerprint density at radius 3 is 2.57 bits per heavy atom. The minimum Gasteiger partial charge on any atom is -0.369 e. The second-order valence-corrected chi connectivity index (χ2v) is 5.65. The molecule has 0 bridgehead atoms. The van der Waals surface area contributed by atoms with Crippen LogP contribution in [0, 0.1) is 0 Å². The summed E-state index contributed by atoms with van der Waals surface area (Å²) in [4.78, 5) is 19.7. The van der Waals surface area contributed by atoms with Crippen molar-refractivity contribution in [2.75, 3.05) is 37.6 Å². The first kappa shape index (κ1) is 14.3. The molecule has 0 aromatic carbocycles. The number of amides is 1. The Morgan fingerprint density at radius 1 is 1.10 bits per heavy atom. The highest BCUT2D eigenvalue weighted by molar-refractivity contribution is 5.45. The van der Waals surface area contributed by atoms with Crippen molar-refractivity contribution in [2.24, 2.45) is 0 Å². The molecule has 1 N–H and O–H groups in total. The molecule has 0 radical (unpaired) electrons. The molecule has 2 saturated heterocycles. The molecule has 2 aliphatic heterocycles. The lowest BCUT2D eigenvalue weighted by atomic mass is 10.1. The highest BCUT2D eigenvalue weighted by Crippen LogP contribution is 2.21. The van der Waals surface area contributed by atoms with Gasteiger partial charge in [-0.25, -0.2) is 5.01 Å². The molecule has 2 aliphatic rings. The van der Waals surface area contributed by atoms with Crippen LogP contribution in [0.3, 0.4) is 0 Å². The Balaban J connectivity index is 1.58. The molecule has 1 unspecified atom stereocenters. The number of hydrogen-bond acceptors (Lipinski definition) is 5. The summed E-state index contributed by atoms with van der Waals surface area (Å²) in [5.74, 6) is 0. The number of rotatable bonds is 4. The smallest absolute Gasteiger partial charge is 0.221 e. The van der Waals surface area contributed by atoms with Gasteiger partial charge in [-0.15, -0.1) is 0 Å². The molecular weight excluding hydrogens is 266 g/mol. The Labute approximate surface area is 125 Å². The number of pyridine rings is 1. The van der Waals surface area contributed by atoms with E-state index < -0.39 is 0 Å². The maximum absolute atomic E-state index is 10.8. The number of piperidine rings is 1. The summed E-state index contributed by atoms with van der Waals surface area (Å²) in [5.41, 5.74) is 4.11. The van der Waals surface area contributed by atoms with Crippen molar-refractivity contribution < 1.29 is 4.79 Å². The number of aromatic nitrogens is 1. The minimum absolute atomic E-state index is 0.351. The van der Waals surface area contributed by atoms with Gasteiger partial charge >= 0.3 is 0 Å². The van der Waals surface area contributed by atoms with Crippen molar-refractivity contribution in [3.8, 4) is 0 Å². The number of nitrogens with zero attached hydrogens (tertiary/aromatic N) is 4. The molecule has 0 saturated carbocycles. The van der Waals surface area contributed by atoms with Crippen LogP contribution in [-0.2, 0) is 4.79 Å². The summed E-state index contributed by atoms with van der Waals surface area (Å²) < 4.78 is 0. The van der Waals surface area contributed by atoms with Gasteiger partial charge in [-0.2, -0.15) is 0 Å². The molecule has 1 amide bonds. The third-order valence-corrected chi connectivity index (χ3v) is 4.45. The number of carbonyl (C=O) groups excluding carboxylic acids is 1. The molecule has 0 aliphatic carbocycles. The number of hydrazine groups is 1. The summed E-state index contributed by atoms with van der Waals surface area (Å²) >= 11 is 0. The molecule has 3 heterocycles. The lowest BCUT2D eigenvalue weighted by Gasteiger charge is -2.45. The third-order valence-electron chi connectivity index (χ3n) is 4.45. The first-order valence-electron chi connectivity index (χ1n) is 7.74. The highest BCUT2D eigenvalue weighted by Gasteiger charge is 2.30. The van der Waals surface area contributed by atoms with E-state index in [0.717, 1.165) is 52.0 Å². The van der Waals surface area contributed by atoms with Gasteiger partial charge < -0.3 is 4.90 Å². The van der Waals surface area contributed by atoms with Gasteiger partial charge in [0.15, 0.2) is 0 Å². The number of piperazine rings is 1. The maximum Gasteiger partial charge on any atom is 0.221 e. The van der Waals surface area contributed by atoms with Crippen LogP contribution < -0.4 is 10.3 Å². The van der Waals surface area contributed by atoms with E-state index >= 15 is 0 Å². The number of hydrogen-bond donors (Lipinski definition) is 1. The van der Waals surface area contributed by atoms with E-state index in [4.69, 9.17) is 0 Å². The van der Waals surface area contributed by atoms with Gasteiger partial charge in [-0.3, -0.25) is 20.1 Å². The molecule has 6 nitrogen and oxygen atoms in total. The van der Waals surface area contributed by atoms with Crippen LogP contribution in [-0.4, -0.2) is 60.2 Å². The van der Waals surface area contributed by atoms with E-state index in [1.54, 1.807) is 0 Å². The Hall–Kier alpha value is -1.66. The van der Waals surface area contributed by atoms with E-state index in [9.17, 15) is 4.79 Å². The Bertz CT molecular complexity index is 447. The quantitative estimate of drug-likeness (QED) is 0.826. The Kier molecular flexibility index (Phi) is 4.67. The fraction of sp³-hybridized carbons (Fsp3) is 0.600. The lowest BCUT2D eigenvalue weighted by molar-refractivity contribution is -0.119. The summed E-state index contributed by atoms with van der Waals surface area (Å²) in [6.07, 6.45) is 8.38. The molecule has 6 heteroatoms. The third kappa shape index (κ3) is 3.33. The molecule has 114 valence electrons. The van der Waals surface area contributed by atoms with E-state index in [2.05, 4.69) is 37.4 Å². The van der Waals surface area contributed by atoms with Crippen molar-refractivity contribution in [2.45, 2.75) is 25.4 Å². The van der Waals surface area contributed by atoms with E-state index in [1.807, 2.05) is 12.4 Å². The predicted octanol–water partition coefficient (Wildman–Crippen LogP) is 0.677. The minimum atomic E-state index is 0.351. The maximum atomic E-state index is 10.8.